The van der Waals surface area contributed by atoms with Gasteiger partial charge in [0.2, 0.25) is 10.0 Å². The van der Waals surface area contributed by atoms with Gasteiger partial charge < -0.3 is 9.84 Å². The van der Waals surface area contributed by atoms with Crippen molar-refractivity contribution in [2.45, 2.75) is 30.6 Å². The fourth-order valence-electron chi connectivity index (χ4n) is 1.80. The molecular weight excluding hydrogens is 278 g/mol. The van der Waals surface area contributed by atoms with Crippen molar-refractivity contribution in [2.75, 3.05) is 26.9 Å². The highest BCUT2D eigenvalue weighted by molar-refractivity contribution is 7.89. The summed E-state index contributed by atoms with van der Waals surface area (Å²) in [5.74, 6) is 0. The van der Waals surface area contributed by atoms with Crippen molar-refractivity contribution in [3.05, 3.63) is 29.8 Å². The Morgan fingerprint density at radius 1 is 1.15 bits per heavy atom. The molecule has 0 saturated carbocycles. The van der Waals surface area contributed by atoms with Crippen molar-refractivity contribution in [3.63, 3.8) is 0 Å². The fourth-order valence-corrected chi connectivity index (χ4v) is 2.88. The molecule has 20 heavy (non-hydrogen) atoms. The summed E-state index contributed by atoms with van der Waals surface area (Å²) < 4.78 is 31.5. The lowest BCUT2D eigenvalue weighted by atomic mass is 10.2. The SMILES string of the molecule is COCCCCCNS(=O)(=O)c1ccc(CCO)cc1. The normalized spacial score (nSPS) is 11.7. The summed E-state index contributed by atoms with van der Waals surface area (Å²) in [7, 11) is -1.77. The van der Waals surface area contributed by atoms with Crippen LogP contribution in [-0.4, -0.2) is 40.4 Å². The maximum absolute atomic E-state index is 12.0. The third-order valence-electron chi connectivity index (χ3n) is 2.95. The second-order valence-corrected chi connectivity index (χ2v) is 6.34. The molecule has 0 heterocycles. The molecule has 0 radical (unpaired) electrons. The first-order valence-corrected chi connectivity index (χ1v) is 8.27. The number of rotatable bonds is 10. The first-order valence-electron chi connectivity index (χ1n) is 6.78. The molecule has 1 rings (SSSR count). The highest BCUT2D eigenvalue weighted by Gasteiger charge is 2.12. The summed E-state index contributed by atoms with van der Waals surface area (Å²) in [6.07, 6.45) is 3.21. The number of hydrogen-bond donors (Lipinski definition) is 2. The molecule has 6 heteroatoms. The number of benzene rings is 1. The van der Waals surface area contributed by atoms with Gasteiger partial charge in [-0.15, -0.1) is 0 Å². The number of sulfonamides is 1. The lowest BCUT2D eigenvalue weighted by molar-refractivity contribution is 0.192. The van der Waals surface area contributed by atoms with Crippen LogP contribution < -0.4 is 4.72 Å². The molecular formula is C14H23NO4S. The second kappa shape index (κ2) is 9.07. The minimum atomic E-state index is -3.43. The van der Waals surface area contributed by atoms with Gasteiger partial charge in [0.15, 0.2) is 0 Å². The van der Waals surface area contributed by atoms with Crippen LogP contribution >= 0.6 is 0 Å². The van der Waals surface area contributed by atoms with Crippen molar-refractivity contribution < 1.29 is 18.3 Å². The first kappa shape index (κ1) is 17.1. The monoisotopic (exact) mass is 301 g/mol. The van der Waals surface area contributed by atoms with Gasteiger partial charge in [-0.3, -0.25) is 0 Å². The van der Waals surface area contributed by atoms with Crippen LogP contribution in [-0.2, 0) is 21.2 Å². The largest absolute Gasteiger partial charge is 0.396 e. The number of ether oxygens (including phenoxy) is 1. The van der Waals surface area contributed by atoms with Crippen molar-refractivity contribution in [3.8, 4) is 0 Å². The average molecular weight is 301 g/mol. The van der Waals surface area contributed by atoms with Crippen LogP contribution in [0.1, 0.15) is 24.8 Å². The van der Waals surface area contributed by atoms with Gasteiger partial charge in [0.1, 0.15) is 0 Å². The fraction of sp³-hybridized carbons (Fsp3) is 0.571. The molecule has 0 amide bonds. The quantitative estimate of drug-likeness (QED) is 0.639. The zero-order valence-electron chi connectivity index (χ0n) is 11.8. The molecule has 0 saturated heterocycles. The van der Waals surface area contributed by atoms with E-state index in [1.807, 2.05) is 0 Å². The molecule has 0 aliphatic rings. The number of nitrogens with one attached hydrogen (secondary N) is 1. The number of hydrogen-bond acceptors (Lipinski definition) is 4. The van der Waals surface area contributed by atoms with Crippen LogP contribution in [0, 0.1) is 0 Å². The lowest BCUT2D eigenvalue weighted by Crippen LogP contribution is -2.24. The number of unbranched alkanes of at least 4 members (excludes halogenated alkanes) is 2. The highest BCUT2D eigenvalue weighted by Crippen LogP contribution is 2.11. The first-order chi connectivity index (χ1) is 9.60. The number of aliphatic hydroxyl groups is 1. The molecule has 2 N–H and O–H groups in total. The van der Waals surface area contributed by atoms with Gasteiger partial charge in [0.25, 0.3) is 0 Å². The molecule has 0 unspecified atom stereocenters. The van der Waals surface area contributed by atoms with E-state index in [0.29, 0.717) is 19.6 Å². The smallest absolute Gasteiger partial charge is 0.240 e. The van der Waals surface area contributed by atoms with Gasteiger partial charge in [-0.25, -0.2) is 13.1 Å². The van der Waals surface area contributed by atoms with Gasteiger partial charge in [-0.2, -0.15) is 0 Å². The minimum absolute atomic E-state index is 0.0613. The Morgan fingerprint density at radius 3 is 2.45 bits per heavy atom. The molecule has 0 aliphatic carbocycles. The highest BCUT2D eigenvalue weighted by atomic mass is 32.2. The summed E-state index contributed by atoms with van der Waals surface area (Å²) in [4.78, 5) is 0.260. The summed E-state index contributed by atoms with van der Waals surface area (Å²) in [5, 5.41) is 8.81. The van der Waals surface area contributed by atoms with Crippen LogP contribution in [0.3, 0.4) is 0 Å². The van der Waals surface area contributed by atoms with Crippen LogP contribution in [0.5, 0.6) is 0 Å². The molecule has 0 aromatic heterocycles. The van der Waals surface area contributed by atoms with Crippen molar-refractivity contribution in [1.82, 2.24) is 4.72 Å². The second-order valence-electron chi connectivity index (χ2n) is 4.57. The topological polar surface area (TPSA) is 75.6 Å². The van der Waals surface area contributed by atoms with Crippen molar-refractivity contribution >= 4 is 10.0 Å². The van der Waals surface area contributed by atoms with Crippen LogP contribution in [0.4, 0.5) is 0 Å². The standard InChI is InChI=1S/C14H23NO4S/c1-19-12-4-2-3-10-15-20(17,18)14-7-5-13(6-8-14)9-11-16/h5-8,15-16H,2-4,9-12H2,1H3. The number of aliphatic hydroxyl groups excluding tert-OH is 1. The van der Waals surface area contributed by atoms with E-state index in [9.17, 15) is 8.42 Å². The molecule has 0 aliphatic heterocycles. The van der Waals surface area contributed by atoms with Gasteiger partial charge in [0.05, 0.1) is 4.90 Å². The Balaban J connectivity index is 2.43. The summed E-state index contributed by atoms with van der Waals surface area (Å²) in [6, 6.07) is 6.59. The predicted octanol–water partition coefficient (Wildman–Crippen LogP) is 1.32. The molecule has 0 fully saturated rings. The Hall–Kier alpha value is -0.950. The average Bonchev–Trinajstić information content (AvgIpc) is 2.44. The van der Waals surface area contributed by atoms with Crippen LogP contribution in [0.15, 0.2) is 29.2 Å². The molecule has 5 nitrogen and oxygen atoms in total. The zero-order chi connectivity index (χ0) is 14.8. The maximum atomic E-state index is 12.0. The van der Waals surface area contributed by atoms with E-state index in [1.165, 1.54) is 0 Å². The summed E-state index contributed by atoms with van der Waals surface area (Å²) in [6.45, 7) is 1.20. The molecule has 0 atom stereocenters. The summed E-state index contributed by atoms with van der Waals surface area (Å²) >= 11 is 0. The van der Waals surface area contributed by atoms with E-state index >= 15 is 0 Å². The van der Waals surface area contributed by atoms with E-state index in [-0.39, 0.29) is 11.5 Å². The van der Waals surface area contributed by atoms with E-state index in [2.05, 4.69) is 4.72 Å². The molecule has 114 valence electrons. The van der Waals surface area contributed by atoms with Crippen molar-refractivity contribution in [2.24, 2.45) is 0 Å². The van der Waals surface area contributed by atoms with Crippen LogP contribution in [0.25, 0.3) is 0 Å². The Labute approximate surface area is 121 Å². The summed E-state index contributed by atoms with van der Waals surface area (Å²) in [5.41, 5.74) is 0.922. The molecule has 1 aromatic carbocycles. The Morgan fingerprint density at radius 2 is 1.85 bits per heavy atom. The lowest BCUT2D eigenvalue weighted by Gasteiger charge is -2.07. The van der Waals surface area contributed by atoms with Gasteiger partial charge in [-0.05, 0) is 43.4 Å². The molecule has 1 aromatic rings. The minimum Gasteiger partial charge on any atom is -0.396 e. The zero-order valence-corrected chi connectivity index (χ0v) is 12.7. The molecule has 0 bridgehead atoms. The van der Waals surface area contributed by atoms with E-state index in [4.69, 9.17) is 9.84 Å². The van der Waals surface area contributed by atoms with Gasteiger partial charge >= 0.3 is 0 Å². The predicted molar refractivity (Wildman–Crippen MR) is 78.1 cm³/mol. The Kier molecular flexibility index (Phi) is 7.76. The van der Waals surface area contributed by atoms with Gasteiger partial charge in [-0.1, -0.05) is 12.1 Å². The van der Waals surface area contributed by atoms with Gasteiger partial charge in [0, 0.05) is 26.9 Å². The third kappa shape index (κ3) is 6.00. The van der Waals surface area contributed by atoms with E-state index in [0.717, 1.165) is 24.8 Å². The third-order valence-corrected chi connectivity index (χ3v) is 4.43. The van der Waals surface area contributed by atoms with E-state index in [1.54, 1.807) is 31.4 Å². The Bertz CT molecular complexity index is 470. The van der Waals surface area contributed by atoms with E-state index < -0.39 is 10.0 Å². The van der Waals surface area contributed by atoms with Crippen molar-refractivity contribution in [1.29, 1.82) is 0 Å². The van der Waals surface area contributed by atoms with Crippen LogP contribution in [0.2, 0.25) is 0 Å². The molecule has 0 spiro atoms. The number of methoxy groups -OCH3 is 1. The maximum Gasteiger partial charge on any atom is 0.240 e.